The summed E-state index contributed by atoms with van der Waals surface area (Å²) in [4.78, 5) is 24.5. The summed E-state index contributed by atoms with van der Waals surface area (Å²) in [5, 5.41) is 3.03. The predicted octanol–water partition coefficient (Wildman–Crippen LogP) is 4.13. The molecular weight excluding hydrogens is 370 g/mol. The second-order valence-electron chi connectivity index (χ2n) is 5.55. The van der Waals surface area contributed by atoms with Gasteiger partial charge in [0.1, 0.15) is 18.6 Å². The highest BCUT2D eigenvalue weighted by molar-refractivity contribution is 6.31. The third kappa shape index (κ3) is 4.68. The number of carbonyl (C=O) groups is 1. The minimum Gasteiger partial charge on any atom is -0.495 e. The maximum Gasteiger partial charge on any atom is 0.291 e. The van der Waals surface area contributed by atoms with Gasteiger partial charge in [0.2, 0.25) is 11.2 Å². The molecule has 0 aliphatic heterocycles. The molecule has 0 aliphatic carbocycles. The van der Waals surface area contributed by atoms with Crippen LogP contribution in [0.15, 0.2) is 70.1 Å². The molecule has 0 saturated heterocycles. The Hall–Kier alpha value is -3.25. The lowest BCUT2D eigenvalue weighted by Gasteiger charge is -2.10. The number of halogens is 1. The van der Waals surface area contributed by atoms with Crippen molar-refractivity contribution in [3.8, 4) is 11.5 Å². The van der Waals surface area contributed by atoms with Gasteiger partial charge in [0, 0.05) is 11.1 Å². The van der Waals surface area contributed by atoms with Gasteiger partial charge in [-0.15, -0.1) is 0 Å². The van der Waals surface area contributed by atoms with Crippen LogP contribution in [0.3, 0.4) is 0 Å². The second kappa shape index (κ2) is 8.42. The Morgan fingerprint density at radius 2 is 1.89 bits per heavy atom. The first kappa shape index (κ1) is 18.5. The maximum absolute atomic E-state index is 12.4. The van der Waals surface area contributed by atoms with Crippen molar-refractivity contribution in [3.05, 3.63) is 87.4 Å². The van der Waals surface area contributed by atoms with Crippen LogP contribution in [0.5, 0.6) is 11.5 Å². The average molecular weight is 386 g/mol. The Morgan fingerprint density at radius 3 is 2.59 bits per heavy atom. The zero-order chi connectivity index (χ0) is 19.2. The first-order valence-corrected chi connectivity index (χ1v) is 8.39. The van der Waals surface area contributed by atoms with Crippen molar-refractivity contribution in [2.24, 2.45) is 0 Å². The SMILES string of the molecule is COc1ccc(Cl)cc1NC(=O)c1cc(=O)c(OCc2ccccc2)co1. The van der Waals surface area contributed by atoms with Crippen LogP contribution in [0.25, 0.3) is 0 Å². The minimum atomic E-state index is -0.609. The number of anilines is 1. The maximum atomic E-state index is 12.4. The number of ether oxygens (including phenoxy) is 2. The summed E-state index contributed by atoms with van der Waals surface area (Å²) in [7, 11) is 1.47. The first-order chi connectivity index (χ1) is 13.1. The number of benzene rings is 2. The van der Waals surface area contributed by atoms with Crippen molar-refractivity contribution in [3.63, 3.8) is 0 Å². The van der Waals surface area contributed by atoms with Gasteiger partial charge in [-0.1, -0.05) is 41.9 Å². The first-order valence-electron chi connectivity index (χ1n) is 8.01. The van der Waals surface area contributed by atoms with Crippen LogP contribution < -0.4 is 20.2 Å². The molecule has 0 spiro atoms. The van der Waals surface area contributed by atoms with E-state index in [4.69, 9.17) is 25.5 Å². The fourth-order valence-corrected chi connectivity index (χ4v) is 2.49. The van der Waals surface area contributed by atoms with Crippen molar-refractivity contribution in [2.75, 3.05) is 12.4 Å². The quantitative estimate of drug-likeness (QED) is 0.690. The van der Waals surface area contributed by atoms with E-state index >= 15 is 0 Å². The molecule has 27 heavy (non-hydrogen) atoms. The van der Waals surface area contributed by atoms with E-state index < -0.39 is 11.3 Å². The van der Waals surface area contributed by atoms with Crippen LogP contribution in [-0.2, 0) is 6.61 Å². The van der Waals surface area contributed by atoms with Crippen LogP contribution in [0.2, 0.25) is 5.02 Å². The van der Waals surface area contributed by atoms with Gasteiger partial charge in [-0.05, 0) is 23.8 Å². The van der Waals surface area contributed by atoms with E-state index in [0.29, 0.717) is 16.5 Å². The zero-order valence-electron chi connectivity index (χ0n) is 14.4. The molecule has 1 amide bonds. The Kier molecular flexibility index (Phi) is 5.78. The molecule has 1 aromatic heterocycles. The number of rotatable bonds is 6. The average Bonchev–Trinajstić information content (AvgIpc) is 2.68. The molecule has 2 aromatic carbocycles. The molecule has 0 unspecified atom stereocenters. The van der Waals surface area contributed by atoms with Gasteiger partial charge in [-0.2, -0.15) is 0 Å². The Balaban J connectivity index is 1.72. The molecule has 0 saturated carbocycles. The second-order valence-corrected chi connectivity index (χ2v) is 5.98. The number of nitrogens with one attached hydrogen (secondary N) is 1. The van der Waals surface area contributed by atoms with Crippen LogP contribution in [0, 0.1) is 0 Å². The highest BCUT2D eigenvalue weighted by Gasteiger charge is 2.15. The van der Waals surface area contributed by atoms with Crippen LogP contribution in [-0.4, -0.2) is 13.0 Å². The molecule has 6 nitrogen and oxygen atoms in total. The Morgan fingerprint density at radius 1 is 1.11 bits per heavy atom. The molecule has 7 heteroatoms. The molecule has 0 atom stereocenters. The van der Waals surface area contributed by atoms with Gasteiger partial charge in [0.05, 0.1) is 12.8 Å². The fraction of sp³-hybridized carbons (Fsp3) is 0.100. The van der Waals surface area contributed by atoms with E-state index in [-0.39, 0.29) is 18.1 Å². The van der Waals surface area contributed by atoms with Crippen molar-refractivity contribution < 1.29 is 18.7 Å². The Labute approximate surface area is 160 Å². The summed E-state index contributed by atoms with van der Waals surface area (Å²) in [5.74, 6) is -0.315. The molecule has 0 fully saturated rings. The molecular formula is C20H16ClNO5. The number of hydrogen-bond donors (Lipinski definition) is 1. The molecule has 1 N–H and O–H groups in total. The van der Waals surface area contributed by atoms with Crippen molar-refractivity contribution in [1.29, 1.82) is 0 Å². The van der Waals surface area contributed by atoms with Gasteiger partial charge >= 0.3 is 0 Å². The number of hydrogen-bond acceptors (Lipinski definition) is 5. The van der Waals surface area contributed by atoms with Crippen molar-refractivity contribution in [1.82, 2.24) is 0 Å². The minimum absolute atomic E-state index is 0.0238. The standard InChI is InChI=1S/C20H16ClNO5/c1-25-17-8-7-14(21)9-15(17)22-20(24)18-10-16(23)19(12-27-18)26-11-13-5-3-2-4-6-13/h2-10,12H,11H2,1H3,(H,22,24). The third-order valence-electron chi connectivity index (χ3n) is 3.67. The summed E-state index contributed by atoms with van der Waals surface area (Å²) in [6.45, 7) is 0.219. The molecule has 3 rings (SSSR count). The summed E-state index contributed by atoms with van der Waals surface area (Å²) >= 11 is 5.94. The summed E-state index contributed by atoms with van der Waals surface area (Å²) < 4.78 is 15.9. The lowest BCUT2D eigenvalue weighted by atomic mass is 10.2. The zero-order valence-corrected chi connectivity index (χ0v) is 15.2. The predicted molar refractivity (Wildman–Crippen MR) is 102 cm³/mol. The van der Waals surface area contributed by atoms with Crippen LogP contribution in [0.1, 0.15) is 16.1 Å². The highest BCUT2D eigenvalue weighted by Crippen LogP contribution is 2.28. The fourth-order valence-electron chi connectivity index (χ4n) is 2.32. The van der Waals surface area contributed by atoms with E-state index in [1.807, 2.05) is 30.3 Å². The van der Waals surface area contributed by atoms with E-state index in [9.17, 15) is 9.59 Å². The van der Waals surface area contributed by atoms with E-state index in [1.165, 1.54) is 13.2 Å². The number of amides is 1. The summed E-state index contributed by atoms with van der Waals surface area (Å²) in [6, 6.07) is 15.3. The largest absolute Gasteiger partial charge is 0.495 e. The molecule has 0 aliphatic rings. The lowest BCUT2D eigenvalue weighted by Crippen LogP contribution is -2.16. The third-order valence-corrected chi connectivity index (χ3v) is 3.90. The van der Waals surface area contributed by atoms with Crippen molar-refractivity contribution >= 4 is 23.2 Å². The van der Waals surface area contributed by atoms with Gasteiger partial charge in [-0.25, -0.2) is 0 Å². The summed E-state index contributed by atoms with van der Waals surface area (Å²) in [5.41, 5.74) is 0.814. The van der Waals surface area contributed by atoms with Gasteiger partial charge in [0.15, 0.2) is 5.76 Å². The van der Waals surface area contributed by atoms with Gasteiger partial charge in [-0.3, -0.25) is 9.59 Å². The van der Waals surface area contributed by atoms with E-state index in [2.05, 4.69) is 5.32 Å². The molecule has 0 bridgehead atoms. The smallest absolute Gasteiger partial charge is 0.291 e. The Bertz CT molecular complexity index is 1000. The monoisotopic (exact) mass is 385 g/mol. The molecule has 0 radical (unpaired) electrons. The number of methoxy groups -OCH3 is 1. The normalized spacial score (nSPS) is 10.3. The number of carbonyl (C=O) groups excluding carboxylic acids is 1. The van der Waals surface area contributed by atoms with E-state index in [0.717, 1.165) is 17.9 Å². The van der Waals surface area contributed by atoms with E-state index in [1.54, 1.807) is 12.1 Å². The molecule has 138 valence electrons. The van der Waals surface area contributed by atoms with Crippen LogP contribution >= 0.6 is 11.6 Å². The van der Waals surface area contributed by atoms with Gasteiger partial charge < -0.3 is 19.2 Å². The lowest BCUT2D eigenvalue weighted by molar-refractivity contribution is 0.0993. The van der Waals surface area contributed by atoms with Crippen LogP contribution in [0.4, 0.5) is 5.69 Å². The van der Waals surface area contributed by atoms with Gasteiger partial charge in [0.25, 0.3) is 5.91 Å². The van der Waals surface area contributed by atoms with Crippen molar-refractivity contribution in [2.45, 2.75) is 6.61 Å². The highest BCUT2D eigenvalue weighted by atomic mass is 35.5. The summed E-state index contributed by atoms with van der Waals surface area (Å²) in [6.07, 6.45) is 1.12. The topological polar surface area (TPSA) is 77.8 Å². The molecule has 3 aromatic rings. The molecule has 1 heterocycles.